The Morgan fingerprint density at radius 3 is 2.88 bits per heavy atom. The number of hydrogen-bond donors (Lipinski definition) is 2. The maximum atomic E-state index is 11.5. The van der Waals surface area contributed by atoms with E-state index in [9.17, 15) is 9.59 Å². The fraction of sp³-hybridized carbons (Fsp3) is 0.333. The van der Waals surface area contributed by atoms with Gasteiger partial charge in [0, 0.05) is 16.4 Å². The second kappa shape index (κ2) is 6.62. The fourth-order valence-corrected chi connectivity index (χ4v) is 2.26. The summed E-state index contributed by atoms with van der Waals surface area (Å²) in [6, 6.07) is 1.72. The molecule has 7 heteroatoms. The summed E-state index contributed by atoms with van der Waals surface area (Å²) < 4.78 is 5.63. The molecule has 0 aromatic carbocycles. The molecule has 1 aromatic heterocycles. The minimum absolute atomic E-state index is 0.185. The van der Waals surface area contributed by atoms with Gasteiger partial charge in [-0.15, -0.1) is 11.3 Å². The van der Waals surface area contributed by atoms with Crippen LogP contribution in [0.25, 0.3) is 0 Å². The summed E-state index contributed by atoms with van der Waals surface area (Å²) in [6.45, 7) is 0.132. The summed E-state index contributed by atoms with van der Waals surface area (Å²) in [6.07, 6.45) is 0. The van der Waals surface area contributed by atoms with Crippen molar-refractivity contribution in [2.75, 3.05) is 19.8 Å². The van der Waals surface area contributed by atoms with Crippen LogP contribution in [0.2, 0.25) is 0 Å². The van der Waals surface area contributed by atoms with Crippen LogP contribution in [-0.2, 0) is 9.53 Å². The maximum absolute atomic E-state index is 11.5. The Morgan fingerprint density at radius 1 is 1.56 bits per heavy atom. The van der Waals surface area contributed by atoms with Crippen molar-refractivity contribution in [3.63, 3.8) is 0 Å². The lowest BCUT2D eigenvalue weighted by molar-refractivity contribution is -0.142. The molecule has 1 amide bonds. The summed E-state index contributed by atoms with van der Waals surface area (Å²) in [7, 11) is 0. The number of amides is 1. The van der Waals surface area contributed by atoms with Gasteiger partial charge in [0.1, 0.15) is 6.61 Å². The first-order valence-electron chi connectivity index (χ1n) is 4.41. The van der Waals surface area contributed by atoms with Crippen LogP contribution >= 0.6 is 27.3 Å². The average Bonchev–Trinajstić information content (AvgIpc) is 2.63. The largest absolute Gasteiger partial charge is 0.480 e. The predicted molar refractivity (Wildman–Crippen MR) is 62.8 cm³/mol. The zero-order valence-electron chi connectivity index (χ0n) is 8.23. The third kappa shape index (κ3) is 4.73. The van der Waals surface area contributed by atoms with Gasteiger partial charge in [-0.3, -0.25) is 4.79 Å². The molecule has 0 radical (unpaired) electrons. The molecule has 1 rings (SSSR count). The Hall–Kier alpha value is -0.920. The molecule has 0 saturated carbocycles. The van der Waals surface area contributed by atoms with Gasteiger partial charge in [-0.1, -0.05) is 0 Å². The lowest BCUT2D eigenvalue weighted by Crippen LogP contribution is -2.27. The normalized spacial score (nSPS) is 10.1. The highest BCUT2D eigenvalue weighted by Gasteiger charge is 2.07. The van der Waals surface area contributed by atoms with Crippen LogP contribution in [0.1, 0.15) is 9.67 Å². The van der Waals surface area contributed by atoms with Crippen LogP contribution in [0.5, 0.6) is 0 Å². The van der Waals surface area contributed by atoms with Gasteiger partial charge in [-0.2, -0.15) is 0 Å². The molecule has 0 fully saturated rings. The number of rotatable bonds is 6. The summed E-state index contributed by atoms with van der Waals surface area (Å²) in [5.41, 5.74) is 0. The van der Waals surface area contributed by atoms with Gasteiger partial charge in [0.2, 0.25) is 0 Å². The minimum atomic E-state index is -1.02. The van der Waals surface area contributed by atoms with Crippen molar-refractivity contribution in [1.82, 2.24) is 5.32 Å². The Morgan fingerprint density at radius 2 is 2.31 bits per heavy atom. The standard InChI is InChI=1S/C9H10BrNO4S/c10-6-3-7(16-5-6)9(14)11-1-2-15-4-8(12)13/h3,5H,1-2,4H2,(H,11,14)(H,12,13). The summed E-state index contributed by atoms with van der Waals surface area (Å²) in [4.78, 5) is 22.2. The van der Waals surface area contributed by atoms with Gasteiger partial charge in [0.15, 0.2) is 0 Å². The van der Waals surface area contributed by atoms with Crippen molar-refractivity contribution >= 4 is 39.1 Å². The number of carbonyl (C=O) groups is 2. The quantitative estimate of drug-likeness (QED) is 0.778. The number of halogens is 1. The molecule has 88 valence electrons. The Balaban J connectivity index is 2.18. The molecule has 1 aromatic rings. The second-order valence-corrected chi connectivity index (χ2v) is 4.66. The molecule has 0 aliphatic heterocycles. The molecule has 0 bridgehead atoms. The van der Waals surface area contributed by atoms with Crippen LogP contribution in [-0.4, -0.2) is 36.7 Å². The molecule has 0 unspecified atom stereocenters. The summed E-state index contributed by atoms with van der Waals surface area (Å²) >= 11 is 4.58. The van der Waals surface area contributed by atoms with Crippen molar-refractivity contribution in [2.45, 2.75) is 0 Å². The summed E-state index contributed by atoms with van der Waals surface area (Å²) in [5.74, 6) is -1.21. The van der Waals surface area contributed by atoms with Crippen LogP contribution in [0, 0.1) is 0 Å². The molecule has 0 atom stereocenters. The van der Waals surface area contributed by atoms with E-state index in [4.69, 9.17) is 9.84 Å². The molecule has 0 spiro atoms. The first-order chi connectivity index (χ1) is 7.59. The molecule has 0 aliphatic rings. The molecule has 16 heavy (non-hydrogen) atoms. The van der Waals surface area contributed by atoms with Gasteiger partial charge in [0.05, 0.1) is 11.5 Å². The van der Waals surface area contributed by atoms with Crippen LogP contribution < -0.4 is 5.32 Å². The number of carboxylic acids is 1. The molecular weight excluding hydrogens is 298 g/mol. The Labute approximate surface area is 105 Å². The third-order valence-corrected chi connectivity index (χ3v) is 3.24. The number of ether oxygens (including phenoxy) is 1. The zero-order valence-corrected chi connectivity index (χ0v) is 10.6. The molecule has 2 N–H and O–H groups in total. The summed E-state index contributed by atoms with van der Waals surface area (Å²) in [5, 5.41) is 12.7. The number of hydrogen-bond acceptors (Lipinski definition) is 4. The van der Waals surface area contributed by atoms with E-state index >= 15 is 0 Å². The van der Waals surface area contributed by atoms with Gasteiger partial charge in [-0.25, -0.2) is 4.79 Å². The van der Waals surface area contributed by atoms with Crippen molar-refractivity contribution in [1.29, 1.82) is 0 Å². The molecule has 1 heterocycles. The topological polar surface area (TPSA) is 75.6 Å². The fourth-order valence-electron chi connectivity index (χ4n) is 0.915. The van der Waals surface area contributed by atoms with E-state index in [1.165, 1.54) is 11.3 Å². The minimum Gasteiger partial charge on any atom is -0.480 e. The van der Waals surface area contributed by atoms with Gasteiger partial charge >= 0.3 is 5.97 Å². The van der Waals surface area contributed by atoms with Crippen molar-refractivity contribution in [3.05, 3.63) is 20.8 Å². The van der Waals surface area contributed by atoms with E-state index < -0.39 is 5.97 Å². The molecule has 0 saturated heterocycles. The van der Waals surface area contributed by atoms with Gasteiger partial charge in [0.25, 0.3) is 5.91 Å². The van der Waals surface area contributed by atoms with E-state index in [0.29, 0.717) is 11.4 Å². The lowest BCUT2D eigenvalue weighted by atomic mass is 10.4. The highest BCUT2D eigenvalue weighted by molar-refractivity contribution is 9.10. The number of carboxylic acid groups (broad SMARTS) is 1. The van der Waals surface area contributed by atoms with Crippen molar-refractivity contribution in [3.8, 4) is 0 Å². The molecule has 0 aliphatic carbocycles. The van der Waals surface area contributed by atoms with Crippen molar-refractivity contribution in [2.24, 2.45) is 0 Å². The van der Waals surface area contributed by atoms with Crippen LogP contribution in [0.4, 0.5) is 0 Å². The van der Waals surface area contributed by atoms with Crippen LogP contribution in [0.3, 0.4) is 0 Å². The van der Waals surface area contributed by atoms with E-state index in [1.807, 2.05) is 5.38 Å². The molecular formula is C9H10BrNO4S. The van der Waals surface area contributed by atoms with E-state index in [-0.39, 0.29) is 19.1 Å². The van der Waals surface area contributed by atoms with E-state index in [0.717, 1.165) is 4.47 Å². The van der Waals surface area contributed by atoms with Crippen LogP contribution in [0.15, 0.2) is 15.9 Å². The first kappa shape index (κ1) is 13.1. The second-order valence-electron chi connectivity index (χ2n) is 2.83. The smallest absolute Gasteiger partial charge is 0.329 e. The predicted octanol–water partition coefficient (Wildman–Crippen LogP) is 1.34. The van der Waals surface area contributed by atoms with Gasteiger partial charge < -0.3 is 15.2 Å². The monoisotopic (exact) mass is 307 g/mol. The highest BCUT2D eigenvalue weighted by Crippen LogP contribution is 2.19. The number of aliphatic carboxylic acids is 1. The first-order valence-corrected chi connectivity index (χ1v) is 6.08. The number of thiophene rings is 1. The van der Waals surface area contributed by atoms with Crippen molar-refractivity contribution < 1.29 is 19.4 Å². The number of carbonyl (C=O) groups excluding carboxylic acids is 1. The molecule has 5 nitrogen and oxygen atoms in total. The van der Waals surface area contributed by atoms with Gasteiger partial charge in [-0.05, 0) is 22.0 Å². The average molecular weight is 308 g/mol. The number of nitrogens with one attached hydrogen (secondary N) is 1. The maximum Gasteiger partial charge on any atom is 0.329 e. The lowest BCUT2D eigenvalue weighted by Gasteiger charge is -2.03. The van der Waals surface area contributed by atoms with E-state index in [1.54, 1.807) is 6.07 Å². The SMILES string of the molecule is O=C(O)COCCNC(=O)c1cc(Br)cs1. The zero-order chi connectivity index (χ0) is 12.0. The highest BCUT2D eigenvalue weighted by atomic mass is 79.9. The Kier molecular flexibility index (Phi) is 5.44. The third-order valence-electron chi connectivity index (χ3n) is 1.55. The van der Waals surface area contributed by atoms with E-state index in [2.05, 4.69) is 21.2 Å². The Bertz CT molecular complexity index is 379.